The third kappa shape index (κ3) is 7.12. The van der Waals surface area contributed by atoms with Gasteiger partial charge >= 0.3 is 6.03 Å². The lowest BCUT2D eigenvalue weighted by Crippen LogP contribution is -2.50. The summed E-state index contributed by atoms with van der Waals surface area (Å²) in [4.78, 5) is 42.7. The summed E-state index contributed by atoms with van der Waals surface area (Å²) in [6.45, 7) is 10.6. The van der Waals surface area contributed by atoms with E-state index in [0.29, 0.717) is 46.8 Å². The van der Waals surface area contributed by atoms with Crippen LogP contribution in [-0.4, -0.2) is 102 Å². The molecule has 0 spiro atoms. The van der Waals surface area contributed by atoms with Gasteiger partial charge in [0.25, 0.3) is 5.91 Å². The monoisotopic (exact) mass is 639 g/mol. The lowest BCUT2D eigenvalue weighted by molar-refractivity contribution is 0.0595. The first kappa shape index (κ1) is 31.5. The zero-order valence-electron chi connectivity index (χ0n) is 27.4. The van der Waals surface area contributed by atoms with E-state index in [9.17, 15) is 9.59 Å². The molecule has 3 aromatic rings. The maximum absolute atomic E-state index is 13.0. The fourth-order valence-corrected chi connectivity index (χ4v) is 7.24. The molecule has 0 radical (unpaired) electrons. The van der Waals surface area contributed by atoms with Gasteiger partial charge in [-0.25, -0.2) is 14.8 Å². The van der Waals surface area contributed by atoms with Crippen LogP contribution in [0.25, 0.3) is 11.4 Å². The van der Waals surface area contributed by atoms with Gasteiger partial charge in [0.15, 0.2) is 5.82 Å². The summed E-state index contributed by atoms with van der Waals surface area (Å²) in [5.41, 5.74) is 3.87. The first-order valence-corrected chi connectivity index (χ1v) is 17.1. The molecule has 2 N–H and O–H groups in total. The maximum atomic E-state index is 13.0. The standard InChI is InChI=1S/C36H45N7O4/c1-24(2)41-15-17-42(18-16-41)35(44)27-5-9-29(10-6-27)38-36(45)37-28-7-3-26(4-8-28)34-39-32(25-13-19-46-20-14-25)21-33(40-34)43-30-11-12-31(43)23-47-22-30/h3-10,21,24-25,30-31H,11-20,22-23H2,1-2H3,(H2,37,38,45). The fourth-order valence-electron chi connectivity index (χ4n) is 7.24. The Morgan fingerprint density at radius 2 is 1.40 bits per heavy atom. The molecule has 11 nitrogen and oxygen atoms in total. The van der Waals surface area contributed by atoms with Gasteiger partial charge in [0, 0.05) is 85.6 Å². The van der Waals surface area contributed by atoms with E-state index in [1.807, 2.05) is 29.2 Å². The van der Waals surface area contributed by atoms with Crippen LogP contribution in [0.15, 0.2) is 54.6 Å². The smallest absolute Gasteiger partial charge is 0.323 e. The van der Waals surface area contributed by atoms with Crippen molar-refractivity contribution < 1.29 is 19.1 Å². The lowest BCUT2D eigenvalue weighted by atomic mass is 9.96. The van der Waals surface area contributed by atoms with Gasteiger partial charge in [-0.15, -0.1) is 0 Å². The number of hydrogen-bond donors (Lipinski definition) is 2. The number of nitrogens with one attached hydrogen (secondary N) is 2. The van der Waals surface area contributed by atoms with Gasteiger partial charge in [-0.3, -0.25) is 9.69 Å². The highest BCUT2D eigenvalue weighted by atomic mass is 16.5. The number of carbonyl (C=O) groups excluding carboxylic acids is 2. The predicted molar refractivity (Wildman–Crippen MR) is 182 cm³/mol. The van der Waals surface area contributed by atoms with Crippen molar-refractivity contribution in [2.24, 2.45) is 0 Å². The van der Waals surface area contributed by atoms with E-state index in [-0.39, 0.29) is 11.9 Å². The minimum Gasteiger partial charge on any atom is -0.381 e. The summed E-state index contributed by atoms with van der Waals surface area (Å²) < 4.78 is 11.5. The van der Waals surface area contributed by atoms with Crippen LogP contribution in [0.2, 0.25) is 0 Å². The molecule has 4 saturated heterocycles. The highest BCUT2D eigenvalue weighted by molar-refractivity contribution is 6.00. The molecule has 7 rings (SSSR count). The molecular weight excluding hydrogens is 594 g/mol. The Morgan fingerprint density at radius 3 is 2.02 bits per heavy atom. The van der Waals surface area contributed by atoms with Gasteiger partial charge in [0.1, 0.15) is 5.82 Å². The summed E-state index contributed by atoms with van der Waals surface area (Å²) >= 11 is 0. The van der Waals surface area contributed by atoms with Crippen LogP contribution in [0.5, 0.6) is 0 Å². The second kappa shape index (κ2) is 14.0. The third-order valence-electron chi connectivity index (χ3n) is 10.00. The van der Waals surface area contributed by atoms with Crippen LogP contribution in [0.3, 0.4) is 0 Å². The molecule has 4 aliphatic heterocycles. The molecule has 4 aliphatic rings. The molecule has 2 aromatic carbocycles. The largest absolute Gasteiger partial charge is 0.381 e. The number of carbonyl (C=O) groups is 2. The van der Waals surface area contributed by atoms with Gasteiger partial charge < -0.3 is 29.9 Å². The van der Waals surface area contributed by atoms with Crippen LogP contribution < -0.4 is 15.5 Å². The van der Waals surface area contributed by atoms with Crippen LogP contribution >= 0.6 is 0 Å². The number of piperazine rings is 1. The Balaban J connectivity index is 0.997. The van der Waals surface area contributed by atoms with Crippen molar-refractivity contribution in [1.29, 1.82) is 0 Å². The number of morpholine rings is 1. The maximum Gasteiger partial charge on any atom is 0.323 e. The minimum atomic E-state index is -0.357. The average Bonchev–Trinajstić information content (AvgIpc) is 3.36. The predicted octanol–water partition coefficient (Wildman–Crippen LogP) is 5.22. The Bertz CT molecular complexity index is 1530. The third-order valence-corrected chi connectivity index (χ3v) is 10.00. The highest BCUT2D eigenvalue weighted by Gasteiger charge is 2.39. The van der Waals surface area contributed by atoms with E-state index < -0.39 is 0 Å². The van der Waals surface area contributed by atoms with Gasteiger partial charge in [-0.05, 0) is 88.1 Å². The zero-order chi connectivity index (χ0) is 32.3. The molecule has 2 bridgehead atoms. The topological polar surface area (TPSA) is 112 Å². The Morgan fingerprint density at radius 1 is 0.787 bits per heavy atom. The van der Waals surface area contributed by atoms with Crippen LogP contribution in [0, 0.1) is 0 Å². The normalized spacial score (nSPS) is 22.0. The number of anilines is 3. The van der Waals surface area contributed by atoms with Crippen LogP contribution in [-0.2, 0) is 9.47 Å². The lowest BCUT2D eigenvalue weighted by Gasteiger charge is -2.37. The second-order valence-corrected chi connectivity index (χ2v) is 13.3. The number of hydrogen-bond acceptors (Lipinski definition) is 8. The summed E-state index contributed by atoms with van der Waals surface area (Å²) in [7, 11) is 0. The van der Waals surface area contributed by atoms with Crippen molar-refractivity contribution >= 4 is 29.1 Å². The quantitative estimate of drug-likeness (QED) is 0.362. The molecular formula is C36H45N7O4. The Labute approximate surface area is 276 Å². The first-order valence-electron chi connectivity index (χ1n) is 17.1. The molecule has 2 unspecified atom stereocenters. The van der Waals surface area contributed by atoms with E-state index >= 15 is 0 Å². The van der Waals surface area contributed by atoms with Crippen molar-refractivity contribution in [2.45, 2.75) is 63.6 Å². The molecule has 0 aliphatic carbocycles. The van der Waals surface area contributed by atoms with Crippen molar-refractivity contribution in [3.63, 3.8) is 0 Å². The molecule has 1 aromatic heterocycles. The molecule has 2 atom stereocenters. The number of aromatic nitrogens is 2. The van der Waals surface area contributed by atoms with Crippen molar-refractivity contribution in [3.8, 4) is 11.4 Å². The Kier molecular flexibility index (Phi) is 9.37. The Hall–Kier alpha value is -4.06. The fraction of sp³-hybridized carbons (Fsp3) is 0.500. The van der Waals surface area contributed by atoms with Crippen molar-refractivity contribution in [2.75, 3.05) is 68.1 Å². The molecule has 3 amide bonds. The summed E-state index contributed by atoms with van der Waals surface area (Å²) in [5.74, 6) is 2.05. The van der Waals surface area contributed by atoms with Crippen LogP contribution in [0.1, 0.15) is 61.5 Å². The number of ether oxygens (including phenoxy) is 2. The first-order chi connectivity index (χ1) is 22.9. The van der Waals surface area contributed by atoms with E-state index in [1.54, 1.807) is 24.3 Å². The second-order valence-electron chi connectivity index (χ2n) is 13.3. The SMILES string of the molecule is CC(C)N1CCN(C(=O)c2ccc(NC(=O)Nc3ccc(-c4nc(C5CCOCC5)cc(N5C6CCC5COC6)n4)cc3)cc2)CC1. The number of nitrogens with zero attached hydrogens (tertiary/aromatic N) is 5. The van der Waals surface area contributed by atoms with Crippen molar-refractivity contribution in [1.82, 2.24) is 19.8 Å². The summed E-state index contributed by atoms with van der Waals surface area (Å²) in [5, 5.41) is 5.78. The number of amides is 3. The molecule has 4 fully saturated rings. The highest BCUT2D eigenvalue weighted by Crippen LogP contribution is 2.36. The molecule has 0 saturated carbocycles. The van der Waals surface area contributed by atoms with Gasteiger partial charge in [-0.1, -0.05) is 0 Å². The average molecular weight is 640 g/mol. The molecule has 5 heterocycles. The summed E-state index contributed by atoms with van der Waals surface area (Å²) in [6.07, 6.45) is 4.16. The van der Waals surface area contributed by atoms with Crippen LogP contribution in [0.4, 0.5) is 22.0 Å². The zero-order valence-corrected chi connectivity index (χ0v) is 27.4. The minimum absolute atomic E-state index is 0.0243. The number of fused-ring (bicyclic) bond motifs is 2. The van der Waals surface area contributed by atoms with E-state index in [1.165, 1.54) is 0 Å². The summed E-state index contributed by atoms with van der Waals surface area (Å²) in [6, 6.07) is 17.8. The van der Waals surface area contributed by atoms with Gasteiger partial charge in [0.2, 0.25) is 0 Å². The molecule has 47 heavy (non-hydrogen) atoms. The van der Waals surface area contributed by atoms with Gasteiger partial charge in [0.05, 0.1) is 25.3 Å². The molecule has 248 valence electrons. The van der Waals surface area contributed by atoms with E-state index in [4.69, 9.17) is 19.4 Å². The number of rotatable bonds is 7. The number of benzene rings is 2. The number of urea groups is 1. The van der Waals surface area contributed by atoms with E-state index in [0.717, 1.165) is 95.4 Å². The van der Waals surface area contributed by atoms with E-state index in [2.05, 4.69) is 40.3 Å². The van der Waals surface area contributed by atoms with Gasteiger partial charge in [-0.2, -0.15) is 0 Å². The van der Waals surface area contributed by atoms with Crippen molar-refractivity contribution in [3.05, 3.63) is 65.9 Å². The molecule has 11 heteroatoms.